The Balaban J connectivity index is 2.09. The maximum absolute atomic E-state index is 4.59. The van der Waals surface area contributed by atoms with Crippen LogP contribution in [0.2, 0.25) is 0 Å². The van der Waals surface area contributed by atoms with Gasteiger partial charge in [0.2, 0.25) is 0 Å². The summed E-state index contributed by atoms with van der Waals surface area (Å²) >= 11 is 3.35. The second-order valence-electron chi connectivity index (χ2n) is 6.31. The Morgan fingerprint density at radius 3 is 1.56 bits per heavy atom. The number of rotatable bonds is 5. The topological polar surface area (TPSA) is 17.8 Å². The first-order valence-corrected chi connectivity index (χ1v) is 9.75. The lowest BCUT2D eigenvalue weighted by Crippen LogP contribution is -2.36. The third-order valence-electron chi connectivity index (χ3n) is 4.80. The average molecular weight is 415 g/mol. The SMILES string of the molecule is Br/C=C/c1cn(C(c2ccccc2)(c2ccccc2)c2ccccc2)cn1. The number of nitrogens with zero attached hydrogens (tertiary/aromatic N) is 2. The lowest BCUT2D eigenvalue weighted by molar-refractivity contribution is 0.514. The number of imidazole rings is 1. The molecule has 3 heteroatoms. The Bertz CT molecular complexity index is 925. The molecule has 0 amide bonds. The molecule has 132 valence electrons. The van der Waals surface area contributed by atoms with Crippen molar-refractivity contribution in [3.8, 4) is 0 Å². The van der Waals surface area contributed by atoms with Crippen molar-refractivity contribution in [3.05, 3.63) is 131 Å². The maximum Gasteiger partial charge on any atom is 0.121 e. The molecule has 0 radical (unpaired) electrons. The molecule has 0 aliphatic carbocycles. The lowest BCUT2D eigenvalue weighted by Gasteiger charge is -2.37. The number of hydrogen-bond donors (Lipinski definition) is 0. The van der Waals surface area contributed by atoms with Crippen LogP contribution in [0, 0.1) is 0 Å². The number of halogens is 1. The third-order valence-corrected chi connectivity index (χ3v) is 5.06. The van der Waals surface area contributed by atoms with Crippen molar-refractivity contribution in [3.63, 3.8) is 0 Å². The highest BCUT2D eigenvalue weighted by atomic mass is 79.9. The van der Waals surface area contributed by atoms with Gasteiger partial charge in [-0.15, -0.1) is 0 Å². The summed E-state index contributed by atoms with van der Waals surface area (Å²) in [6.45, 7) is 0. The van der Waals surface area contributed by atoms with E-state index in [0.717, 1.165) is 5.69 Å². The third kappa shape index (κ3) is 3.15. The zero-order valence-electron chi connectivity index (χ0n) is 14.7. The minimum Gasteiger partial charge on any atom is -0.318 e. The van der Waals surface area contributed by atoms with Crippen molar-refractivity contribution >= 4 is 22.0 Å². The molecule has 0 saturated heterocycles. The van der Waals surface area contributed by atoms with Gasteiger partial charge in [0, 0.05) is 6.20 Å². The number of benzene rings is 3. The fourth-order valence-corrected chi connectivity index (χ4v) is 3.93. The molecule has 0 aliphatic heterocycles. The summed E-state index contributed by atoms with van der Waals surface area (Å²) in [7, 11) is 0. The van der Waals surface area contributed by atoms with Crippen molar-refractivity contribution in [1.29, 1.82) is 0 Å². The van der Waals surface area contributed by atoms with Gasteiger partial charge in [-0.2, -0.15) is 0 Å². The van der Waals surface area contributed by atoms with Crippen molar-refractivity contribution < 1.29 is 0 Å². The average Bonchev–Trinajstić information content (AvgIpc) is 3.20. The van der Waals surface area contributed by atoms with Gasteiger partial charge >= 0.3 is 0 Å². The minimum absolute atomic E-state index is 0.505. The van der Waals surface area contributed by atoms with E-state index in [4.69, 9.17) is 0 Å². The minimum atomic E-state index is -0.505. The Hall–Kier alpha value is -2.91. The Kier molecular flexibility index (Phi) is 5.03. The van der Waals surface area contributed by atoms with Gasteiger partial charge in [0.1, 0.15) is 5.54 Å². The van der Waals surface area contributed by atoms with Gasteiger partial charge in [-0.05, 0) is 27.8 Å². The highest BCUT2D eigenvalue weighted by Crippen LogP contribution is 2.40. The second kappa shape index (κ2) is 7.77. The fourth-order valence-electron chi connectivity index (χ4n) is 3.66. The van der Waals surface area contributed by atoms with Gasteiger partial charge in [-0.1, -0.05) is 107 Å². The van der Waals surface area contributed by atoms with Crippen LogP contribution in [0.1, 0.15) is 22.4 Å². The van der Waals surface area contributed by atoms with Crippen LogP contribution in [-0.2, 0) is 5.54 Å². The van der Waals surface area contributed by atoms with E-state index in [1.807, 2.05) is 17.4 Å². The summed E-state index contributed by atoms with van der Waals surface area (Å²) in [5, 5.41) is 0. The molecular weight excluding hydrogens is 396 g/mol. The molecule has 0 aliphatic rings. The fraction of sp³-hybridized carbons (Fsp3) is 0.0417. The van der Waals surface area contributed by atoms with Crippen LogP contribution < -0.4 is 0 Å². The number of hydrogen-bond acceptors (Lipinski definition) is 1. The molecule has 4 aromatic rings. The lowest BCUT2D eigenvalue weighted by atomic mass is 9.77. The number of aromatic nitrogens is 2. The molecule has 27 heavy (non-hydrogen) atoms. The molecule has 0 atom stereocenters. The highest BCUT2D eigenvalue weighted by Gasteiger charge is 2.38. The monoisotopic (exact) mass is 414 g/mol. The predicted molar refractivity (Wildman–Crippen MR) is 115 cm³/mol. The zero-order valence-corrected chi connectivity index (χ0v) is 16.3. The molecule has 0 saturated carbocycles. The predicted octanol–water partition coefficient (Wildman–Crippen LogP) is 6.09. The summed E-state index contributed by atoms with van der Waals surface area (Å²) in [6.07, 6.45) is 5.95. The van der Waals surface area contributed by atoms with E-state index >= 15 is 0 Å². The van der Waals surface area contributed by atoms with E-state index in [1.54, 1.807) is 0 Å². The molecule has 2 nitrogen and oxygen atoms in total. The summed E-state index contributed by atoms with van der Waals surface area (Å²) in [6, 6.07) is 31.8. The maximum atomic E-state index is 4.59. The van der Waals surface area contributed by atoms with Crippen molar-refractivity contribution in [2.75, 3.05) is 0 Å². The van der Waals surface area contributed by atoms with Crippen LogP contribution in [-0.4, -0.2) is 9.55 Å². The molecule has 1 heterocycles. The van der Waals surface area contributed by atoms with Gasteiger partial charge in [-0.25, -0.2) is 4.98 Å². The molecular formula is C24H19BrN2. The zero-order chi connectivity index (χ0) is 18.5. The molecule has 1 aromatic heterocycles. The van der Waals surface area contributed by atoms with E-state index < -0.39 is 5.54 Å². The molecule has 3 aromatic carbocycles. The Morgan fingerprint density at radius 1 is 0.704 bits per heavy atom. The van der Waals surface area contributed by atoms with E-state index in [9.17, 15) is 0 Å². The summed E-state index contributed by atoms with van der Waals surface area (Å²) in [5.41, 5.74) is 3.96. The van der Waals surface area contributed by atoms with Gasteiger partial charge in [0.05, 0.1) is 12.0 Å². The van der Waals surface area contributed by atoms with Crippen molar-refractivity contribution in [2.24, 2.45) is 0 Å². The van der Waals surface area contributed by atoms with E-state index in [1.165, 1.54) is 16.7 Å². The molecule has 0 unspecified atom stereocenters. The largest absolute Gasteiger partial charge is 0.318 e. The van der Waals surface area contributed by atoms with Gasteiger partial charge < -0.3 is 4.57 Å². The normalized spacial score (nSPS) is 11.7. The summed E-state index contributed by atoms with van der Waals surface area (Å²) in [4.78, 5) is 6.42. The van der Waals surface area contributed by atoms with Crippen LogP contribution in [0.4, 0.5) is 0 Å². The summed E-state index contributed by atoms with van der Waals surface area (Å²) in [5.74, 6) is 0. The standard InChI is InChI=1S/C24H19BrN2/c25-17-16-23-18-27(19-26-23)24(20-10-4-1-5-11-20,21-12-6-2-7-13-21)22-14-8-3-9-15-22/h1-19H/b17-16+. The van der Waals surface area contributed by atoms with E-state index in [2.05, 4.69) is 123 Å². The first-order chi connectivity index (χ1) is 13.4. The van der Waals surface area contributed by atoms with Gasteiger partial charge in [0.15, 0.2) is 0 Å². The smallest absolute Gasteiger partial charge is 0.121 e. The van der Waals surface area contributed by atoms with Crippen LogP contribution >= 0.6 is 15.9 Å². The molecule has 0 N–H and O–H groups in total. The first kappa shape index (κ1) is 17.5. The molecule has 4 rings (SSSR count). The van der Waals surface area contributed by atoms with Gasteiger partial charge in [0.25, 0.3) is 0 Å². The quantitative estimate of drug-likeness (QED) is 0.361. The van der Waals surface area contributed by atoms with E-state index in [0.29, 0.717) is 0 Å². The molecule has 0 fully saturated rings. The van der Waals surface area contributed by atoms with Crippen molar-refractivity contribution in [2.45, 2.75) is 5.54 Å². The van der Waals surface area contributed by atoms with Crippen LogP contribution in [0.15, 0.2) is 109 Å². The van der Waals surface area contributed by atoms with Crippen LogP contribution in [0.25, 0.3) is 6.08 Å². The summed E-state index contributed by atoms with van der Waals surface area (Å²) < 4.78 is 2.20. The van der Waals surface area contributed by atoms with Crippen LogP contribution in [0.3, 0.4) is 0 Å². The first-order valence-electron chi connectivity index (χ1n) is 8.83. The Labute approximate surface area is 168 Å². The molecule has 0 spiro atoms. The van der Waals surface area contributed by atoms with E-state index in [-0.39, 0.29) is 0 Å². The second-order valence-corrected chi connectivity index (χ2v) is 6.84. The van der Waals surface area contributed by atoms with Crippen molar-refractivity contribution in [1.82, 2.24) is 9.55 Å². The molecule has 0 bridgehead atoms. The highest BCUT2D eigenvalue weighted by molar-refractivity contribution is 9.11. The van der Waals surface area contributed by atoms with Gasteiger partial charge in [-0.3, -0.25) is 0 Å². The van der Waals surface area contributed by atoms with Crippen LogP contribution in [0.5, 0.6) is 0 Å². The Morgan fingerprint density at radius 2 is 1.15 bits per heavy atom.